The molecule has 3 aromatic heterocycles. The van der Waals surface area contributed by atoms with Gasteiger partial charge in [0.1, 0.15) is 11.9 Å². The highest BCUT2D eigenvalue weighted by Crippen LogP contribution is 2.31. The number of amides is 2. The smallest absolute Gasteiger partial charge is 0.256 e. The third-order valence-corrected chi connectivity index (χ3v) is 6.93. The summed E-state index contributed by atoms with van der Waals surface area (Å²) < 4.78 is 41.9. The number of fused-ring (bicyclic) bond motifs is 2. The van der Waals surface area contributed by atoms with Crippen LogP contribution in [0.3, 0.4) is 0 Å². The molecule has 6 rings (SSSR count). The molecule has 0 aliphatic carbocycles. The van der Waals surface area contributed by atoms with Crippen molar-refractivity contribution in [3.8, 4) is 17.0 Å². The van der Waals surface area contributed by atoms with Gasteiger partial charge in [-0.25, -0.2) is 18.3 Å². The van der Waals surface area contributed by atoms with Crippen LogP contribution in [-0.2, 0) is 22.5 Å². The first-order valence-corrected chi connectivity index (χ1v) is 13.0. The van der Waals surface area contributed by atoms with Gasteiger partial charge in [-0.05, 0) is 24.3 Å². The Labute approximate surface area is 227 Å². The van der Waals surface area contributed by atoms with Gasteiger partial charge in [0.25, 0.3) is 5.91 Å². The number of hydrogen-bond donors (Lipinski definition) is 1. The van der Waals surface area contributed by atoms with E-state index in [1.54, 1.807) is 35.5 Å². The molecule has 0 radical (unpaired) electrons. The third-order valence-electron chi connectivity index (χ3n) is 6.93. The number of anilines is 1. The summed E-state index contributed by atoms with van der Waals surface area (Å²) in [6.45, 7) is 2.75. The van der Waals surface area contributed by atoms with Crippen molar-refractivity contribution in [3.63, 3.8) is 0 Å². The van der Waals surface area contributed by atoms with Gasteiger partial charge in [-0.2, -0.15) is 5.10 Å². The Morgan fingerprint density at radius 2 is 2.02 bits per heavy atom. The average Bonchev–Trinajstić information content (AvgIpc) is 3.33. The molecule has 2 amide bonds. The second-order valence-corrected chi connectivity index (χ2v) is 9.83. The van der Waals surface area contributed by atoms with Crippen LogP contribution < -0.4 is 10.1 Å². The first-order chi connectivity index (χ1) is 19.3. The Kier molecular flexibility index (Phi) is 6.84. The van der Waals surface area contributed by atoms with Crippen LogP contribution in [0.4, 0.5) is 14.6 Å². The summed E-state index contributed by atoms with van der Waals surface area (Å²) in [5.41, 5.74) is 3.03. The first kappa shape index (κ1) is 25.8. The highest BCUT2D eigenvalue weighted by atomic mass is 19.1. The number of carbonyl (C=O) groups is 2. The van der Waals surface area contributed by atoms with Crippen LogP contribution in [0.2, 0.25) is 0 Å². The number of benzene rings is 1. The summed E-state index contributed by atoms with van der Waals surface area (Å²) in [7, 11) is 0. The number of rotatable bonds is 6. The molecule has 2 aliphatic rings. The maximum atomic E-state index is 14.8. The van der Waals surface area contributed by atoms with Crippen LogP contribution in [0.15, 0.2) is 42.7 Å². The van der Waals surface area contributed by atoms with Gasteiger partial charge in [0.15, 0.2) is 23.0 Å². The van der Waals surface area contributed by atoms with Gasteiger partial charge in [-0.3, -0.25) is 14.6 Å². The Morgan fingerprint density at radius 3 is 2.83 bits per heavy atom. The Balaban J connectivity index is 1.26. The lowest BCUT2D eigenvalue weighted by atomic mass is 10.0. The van der Waals surface area contributed by atoms with Gasteiger partial charge in [-0.15, -0.1) is 0 Å². The van der Waals surface area contributed by atoms with Crippen molar-refractivity contribution in [1.29, 1.82) is 0 Å². The molecule has 0 spiro atoms. The number of halogens is 2. The standard InChI is InChI=1S/C28H26F2N6O4/c1-16(37)32-25-15-36-26(33-25)3-2-23(34-36)17-11-21-24(31-13-17)4-7-35(28(21)38)14-18-10-19(29)12-22(30)27(18)40-20-5-8-39-9-6-20/h2-3,10-13,15,20H,4-9,14H2,1H3,(H,32,37). The van der Waals surface area contributed by atoms with E-state index < -0.39 is 11.6 Å². The van der Waals surface area contributed by atoms with Crippen molar-refractivity contribution >= 4 is 23.3 Å². The zero-order chi connectivity index (χ0) is 27.8. The maximum absolute atomic E-state index is 14.8. The molecule has 1 saturated heterocycles. The highest BCUT2D eigenvalue weighted by Gasteiger charge is 2.29. The van der Waals surface area contributed by atoms with Crippen LogP contribution in [0.1, 0.15) is 41.4 Å². The summed E-state index contributed by atoms with van der Waals surface area (Å²) in [5.74, 6) is -1.72. The van der Waals surface area contributed by atoms with E-state index in [2.05, 4.69) is 20.4 Å². The largest absolute Gasteiger partial charge is 0.487 e. The summed E-state index contributed by atoms with van der Waals surface area (Å²) in [4.78, 5) is 35.3. The number of carbonyl (C=O) groups excluding carboxylic acids is 2. The molecule has 0 atom stereocenters. The van der Waals surface area contributed by atoms with E-state index >= 15 is 0 Å². The molecule has 1 aromatic carbocycles. The minimum absolute atomic E-state index is 0.0130. The lowest BCUT2D eigenvalue weighted by Gasteiger charge is -2.30. The molecule has 12 heteroatoms. The predicted octanol–water partition coefficient (Wildman–Crippen LogP) is 3.78. The van der Waals surface area contributed by atoms with E-state index in [1.165, 1.54) is 17.5 Å². The summed E-state index contributed by atoms with van der Waals surface area (Å²) in [6.07, 6.45) is 4.71. The minimum atomic E-state index is -0.794. The van der Waals surface area contributed by atoms with Crippen molar-refractivity contribution in [2.45, 2.75) is 38.8 Å². The highest BCUT2D eigenvalue weighted by molar-refractivity contribution is 5.97. The van der Waals surface area contributed by atoms with Crippen LogP contribution in [0.25, 0.3) is 16.9 Å². The number of nitrogens with zero attached hydrogens (tertiary/aromatic N) is 5. The average molecular weight is 549 g/mol. The molecule has 40 heavy (non-hydrogen) atoms. The predicted molar refractivity (Wildman–Crippen MR) is 140 cm³/mol. The summed E-state index contributed by atoms with van der Waals surface area (Å²) in [5, 5.41) is 7.17. The quantitative estimate of drug-likeness (QED) is 0.390. The second kappa shape index (κ2) is 10.6. The summed E-state index contributed by atoms with van der Waals surface area (Å²) in [6, 6.07) is 7.24. The van der Waals surface area contributed by atoms with Gasteiger partial charge in [0.2, 0.25) is 5.91 Å². The minimum Gasteiger partial charge on any atom is -0.487 e. The number of aromatic nitrogens is 4. The lowest BCUT2D eigenvalue weighted by molar-refractivity contribution is -0.114. The van der Waals surface area contributed by atoms with Crippen molar-refractivity contribution < 1.29 is 27.8 Å². The van der Waals surface area contributed by atoms with E-state index in [9.17, 15) is 18.4 Å². The maximum Gasteiger partial charge on any atom is 0.256 e. The van der Waals surface area contributed by atoms with E-state index in [4.69, 9.17) is 9.47 Å². The van der Waals surface area contributed by atoms with E-state index in [1.807, 2.05) is 0 Å². The van der Waals surface area contributed by atoms with E-state index in [-0.39, 0.29) is 35.8 Å². The van der Waals surface area contributed by atoms with Crippen molar-refractivity contribution in [2.24, 2.45) is 0 Å². The fourth-order valence-corrected chi connectivity index (χ4v) is 4.99. The Morgan fingerprint density at radius 1 is 1.20 bits per heavy atom. The molecule has 0 saturated carbocycles. The topological polar surface area (TPSA) is 111 Å². The molecular weight excluding hydrogens is 522 g/mol. The van der Waals surface area contributed by atoms with Crippen molar-refractivity contribution in [3.05, 3.63) is 71.2 Å². The van der Waals surface area contributed by atoms with Crippen LogP contribution >= 0.6 is 0 Å². The lowest BCUT2D eigenvalue weighted by Crippen LogP contribution is -2.38. The molecule has 10 nitrogen and oxygen atoms in total. The molecule has 206 valence electrons. The number of imidazole rings is 1. The van der Waals surface area contributed by atoms with Gasteiger partial charge >= 0.3 is 0 Å². The van der Waals surface area contributed by atoms with Crippen LogP contribution in [0.5, 0.6) is 5.75 Å². The van der Waals surface area contributed by atoms with Crippen molar-refractivity contribution in [1.82, 2.24) is 24.5 Å². The number of nitrogens with one attached hydrogen (secondary N) is 1. The molecule has 2 aliphatic heterocycles. The molecule has 1 N–H and O–H groups in total. The van der Waals surface area contributed by atoms with Gasteiger partial charge in [-0.1, -0.05) is 0 Å². The van der Waals surface area contributed by atoms with Crippen LogP contribution in [-0.4, -0.2) is 62.2 Å². The van der Waals surface area contributed by atoms with Crippen LogP contribution in [0, 0.1) is 11.6 Å². The summed E-state index contributed by atoms with van der Waals surface area (Å²) >= 11 is 0. The zero-order valence-corrected chi connectivity index (χ0v) is 21.7. The fraction of sp³-hybridized carbons (Fsp3) is 0.321. The van der Waals surface area contributed by atoms with Crippen molar-refractivity contribution in [2.75, 3.05) is 25.1 Å². The van der Waals surface area contributed by atoms with Gasteiger partial charge < -0.3 is 19.7 Å². The van der Waals surface area contributed by atoms with E-state index in [0.717, 1.165) is 6.07 Å². The second-order valence-electron chi connectivity index (χ2n) is 9.83. The number of pyridine rings is 1. The van der Waals surface area contributed by atoms with Gasteiger partial charge in [0, 0.05) is 62.7 Å². The monoisotopic (exact) mass is 548 g/mol. The molecule has 0 unspecified atom stereocenters. The SMILES string of the molecule is CC(=O)Nc1cn2nc(-c3cnc4c(c3)C(=O)N(Cc3cc(F)cc(F)c3OC3CCOCC3)CC4)ccc2n1. The van der Waals surface area contributed by atoms with Gasteiger partial charge in [0.05, 0.1) is 36.4 Å². The molecule has 4 aromatic rings. The first-order valence-electron chi connectivity index (χ1n) is 13.0. The number of ether oxygens (including phenoxy) is 2. The molecule has 1 fully saturated rings. The third kappa shape index (κ3) is 5.22. The molecule has 0 bridgehead atoms. The number of hydrogen-bond acceptors (Lipinski definition) is 7. The molecule has 5 heterocycles. The van der Waals surface area contributed by atoms with E-state index in [0.29, 0.717) is 73.0 Å². The zero-order valence-electron chi connectivity index (χ0n) is 21.7. The normalized spacial score (nSPS) is 15.8. The Bertz CT molecular complexity index is 1620. The molecular formula is C28H26F2N6O4. The Hall–Kier alpha value is -4.45. The fourth-order valence-electron chi connectivity index (χ4n) is 4.99.